The lowest BCUT2D eigenvalue weighted by Gasteiger charge is -2.14. The van der Waals surface area contributed by atoms with Crippen molar-refractivity contribution in [1.29, 1.82) is 0 Å². The second-order valence-electron chi connectivity index (χ2n) is 7.89. The number of anilines is 1. The molecule has 0 unspecified atom stereocenters. The molecule has 0 radical (unpaired) electrons. The standard InChI is InChI=1S/C24H25N3O2S2/c1-15-9-16(2)11-19(10-15)25-21(28)14-30-24-26-20-12-17(3)31-22(20)23(29)27(24)13-18-7-5-4-6-8-18/h4-11,17H,12-14H2,1-3H3,(H,25,28)/t17-/m1/s1. The van der Waals surface area contributed by atoms with Gasteiger partial charge in [-0.25, -0.2) is 4.98 Å². The number of aryl methyl sites for hydroxylation is 2. The Kier molecular flexibility index (Phi) is 6.53. The smallest absolute Gasteiger partial charge is 0.268 e. The van der Waals surface area contributed by atoms with Crippen LogP contribution in [0.4, 0.5) is 5.69 Å². The number of aromatic nitrogens is 2. The Morgan fingerprint density at radius 2 is 1.90 bits per heavy atom. The monoisotopic (exact) mass is 451 g/mol. The molecule has 0 saturated heterocycles. The van der Waals surface area contributed by atoms with Crippen LogP contribution < -0.4 is 10.9 Å². The number of fused-ring (bicyclic) bond motifs is 1. The summed E-state index contributed by atoms with van der Waals surface area (Å²) in [5.41, 5.74) is 4.86. The third-order valence-corrected chi connectivity index (χ3v) is 7.18. The van der Waals surface area contributed by atoms with E-state index in [4.69, 9.17) is 4.98 Å². The van der Waals surface area contributed by atoms with Gasteiger partial charge in [0.15, 0.2) is 5.16 Å². The Bertz CT molecular complexity index is 1160. The molecule has 0 spiro atoms. The van der Waals surface area contributed by atoms with Gasteiger partial charge in [-0.15, -0.1) is 11.8 Å². The van der Waals surface area contributed by atoms with Crippen LogP contribution in [0.5, 0.6) is 0 Å². The fourth-order valence-electron chi connectivity index (χ4n) is 3.72. The number of nitrogens with one attached hydrogen (secondary N) is 1. The molecule has 1 aromatic heterocycles. The number of hydrogen-bond donors (Lipinski definition) is 1. The van der Waals surface area contributed by atoms with Crippen molar-refractivity contribution in [3.8, 4) is 0 Å². The summed E-state index contributed by atoms with van der Waals surface area (Å²) >= 11 is 2.91. The van der Waals surface area contributed by atoms with Crippen LogP contribution in [0.25, 0.3) is 0 Å². The van der Waals surface area contributed by atoms with Crippen molar-refractivity contribution in [3.63, 3.8) is 0 Å². The first-order chi connectivity index (χ1) is 14.9. The van der Waals surface area contributed by atoms with Gasteiger partial charge in [0.05, 0.1) is 22.9 Å². The van der Waals surface area contributed by atoms with Gasteiger partial charge < -0.3 is 5.32 Å². The molecule has 160 valence electrons. The van der Waals surface area contributed by atoms with Gasteiger partial charge in [0, 0.05) is 17.4 Å². The number of carbonyl (C=O) groups is 1. The molecule has 0 saturated carbocycles. The predicted molar refractivity (Wildman–Crippen MR) is 128 cm³/mol. The number of hydrogen-bond acceptors (Lipinski definition) is 5. The van der Waals surface area contributed by atoms with Crippen molar-refractivity contribution in [2.24, 2.45) is 0 Å². The van der Waals surface area contributed by atoms with Gasteiger partial charge in [-0.3, -0.25) is 14.2 Å². The Morgan fingerprint density at radius 1 is 1.19 bits per heavy atom. The molecule has 1 atom stereocenters. The van der Waals surface area contributed by atoms with Crippen molar-refractivity contribution < 1.29 is 4.79 Å². The molecule has 3 aromatic rings. The van der Waals surface area contributed by atoms with Gasteiger partial charge in [-0.05, 0) is 42.7 Å². The number of rotatable bonds is 6. The molecule has 31 heavy (non-hydrogen) atoms. The van der Waals surface area contributed by atoms with E-state index in [2.05, 4.69) is 18.3 Å². The average Bonchev–Trinajstić information content (AvgIpc) is 3.09. The maximum atomic E-state index is 13.2. The molecular formula is C24H25N3O2S2. The SMILES string of the molecule is Cc1cc(C)cc(NC(=O)CSc2nc3c(c(=O)n2Cc2ccccc2)S[C@H](C)C3)c1. The molecule has 0 aliphatic carbocycles. The summed E-state index contributed by atoms with van der Waals surface area (Å²) in [4.78, 5) is 31.4. The Morgan fingerprint density at radius 3 is 2.61 bits per heavy atom. The van der Waals surface area contributed by atoms with Crippen molar-refractivity contribution in [3.05, 3.63) is 81.3 Å². The van der Waals surface area contributed by atoms with Gasteiger partial charge in [0.2, 0.25) is 5.91 Å². The molecule has 1 aliphatic rings. The highest BCUT2D eigenvalue weighted by molar-refractivity contribution is 8.00. The van der Waals surface area contributed by atoms with Crippen LogP contribution in [0.2, 0.25) is 0 Å². The molecule has 4 rings (SSSR count). The molecule has 7 heteroatoms. The van der Waals surface area contributed by atoms with Crippen LogP contribution in [0.15, 0.2) is 63.4 Å². The lowest BCUT2D eigenvalue weighted by Crippen LogP contribution is -2.26. The van der Waals surface area contributed by atoms with Gasteiger partial charge >= 0.3 is 0 Å². The number of nitrogens with zero attached hydrogens (tertiary/aromatic N) is 2. The van der Waals surface area contributed by atoms with Crippen LogP contribution in [0, 0.1) is 13.8 Å². The number of amides is 1. The van der Waals surface area contributed by atoms with E-state index < -0.39 is 0 Å². The quantitative estimate of drug-likeness (QED) is 0.436. The summed E-state index contributed by atoms with van der Waals surface area (Å²) in [5.74, 6) is 0.0779. The fraction of sp³-hybridized carbons (Fsp3) is 0.292. The van der Waals surface area contributed by atoms with Crippen LogP contribution >= 0.6 is 23.5 Å². The molecule has 2 aromatic carbocycles. The van der Waals surface area contributed by atoms with Crippen molar-refractivity contribution >= 4 is 35.1 Å². The normalized spacial score (nSPS) is 15.0. The van der Waals surface area contributed by atoms with Crippen LogP contribution in [-0.2, 0) is 17.8 Å². The minimum atomic E-state index is -0.112. The van der Waals surface area contributed by atoms with Crippen LogP contribution in [0.3, 0.4) is 0 Å². The molecule has 2 heterocycles. The van der Waals surface area contributed by atoms with Crippen LogP contribution in [0.1, 0.15) is 29.3 Å². The minimum Gasteiger partial charge on any atom is -0.325 e. The number of carbonyl (C=O) groups excluding carboxylic acids is 1. The van der Waals surface area contributed by atoms with Crippen molar-refractivity contribution in [2.45, 2.75) is 49.0 Å². The van der Waals surface area contributed by atoms with Gasteiger partial charge in [0.1, 0.15) is 0 Å². The largest absolute Gasteiger partial charge is 0.325 e. The van der Waals surface area contributed by atoms with E-state index in [0.717, 1.165) is 39.4 Å². The summed E-state index contributed by atoms with van der Waals surface area (Å²) in [6.07, 6.45) is 0.781. The second-order valence-corrected chi connectivity index (χ2v) is 10.3. The van der Waals surface area contributed by atoms with E-state index in [1.165, 1.54) is 11.8 Å². The van der Waals surface area contributed by atoms with E-state index in [0.29, 0.717) is 17.0 Å². The maximum Gasteiger partial charge on any atom is 0.268 e. The molecule has 1 N–H and O–H groups in total. The van der Waals surface area contributed by atoms with Crippen molar-refractivity contribution in [1.82, 2.24) is 9.55 Å². The summed E-state index contributed by atoms with van der Waals surface area (Å²) < 4.78 is 1.70. The summed E-state index contributed by atoms with van der Waals surface area (Å²) in [6, 6.07) is 15.8. The minimum absolute atomic E-state index is 0.0135. The first-order valence-electron chi connectivity index (χ1n) is 10.2. The lowest BCUT2D eigenvalue weighted by molar-refractivity contribution is -0.113. The third-order valence-electron chi connectivity index (χ3n) is 4.98. The van der Waals surface area contributed by atoms with E-state index in [1.54, 1.807) is 16.3 Å². The van der Waals surface area contributed by atoms with E-state index in [1.807, 2.05) is 56.3 Å². The molecule has 0 bridgehead atoms. The summed E-state index contributed by atoms with van der Waals surface area (Å²) in [6.45, 7) is 6.56. The molecule has 1 aliphatic heterocycles. The van der Waals surface area contributed by atoms with E-state index in [9.17, 15) is 9.59 Å². The Labute approximate surface area is 190 Å². The number of benzene rings is 2. The highest BCUT2D eigenvalue weighted by atomic mass is 32.2. The van der Waals surface area contributed by atoms with Gasteiger partial charge in [0.25, 0.3) is 5.56 Å². The summed E-state index contributed by atoms with van der Waals surface area (Å²) in [7, 11) is 0. The van der Waals surface area contributed by atoms with Crippen molar-refractivity contribution in [2.75, 3.05) is 11.1 Å². The first-order valence-corrected chi connectivity index (χ1v) is 12.1. The van der Waals surface area contributed by atoms with E-state index in [-0.39, 0.29) is 17.2 Å². The second kappa shape index (κ2) is 9.32. The topological polar surface area (TPSA) is 64.0 Å². The Balaban J connectivity index is 1.56. The summed E-state index contributed by atoms with van der Waals surface area (Å²) in [5, 5.41) is 3.89. The van der Waals surface area contributed by atoms with Gasteiger partial charge in [-0.1, -0.05) is 55.1 Å². The first kappa shape index (κ1) is 21.7. The molecule has 0 fully saturated rings. The number of thioether (sulfide) groups is 2. The van der Waals surface area contributed by atoms with E-state index >= 15 is 0 Å². The average molecular weight is 452 g/mol. The zero-order chi connectivity index (χ0) is 22.0. The Hall–Kier alpha value is -2.51. The molecule has 5 nitrogen and oxygen atoms in total. The highest BCUT2D eigenvalue weighted by Crippen LogP contribution is 2.34. The molecular weight excluding hydrogens is 426 g/mol. The van der Waals surface area contributed by atoms with Gasteiger partial charge in [-0.2, -0.15) is 0 Å². The predicted octanol–water partition coefficient (Wildman–Crippen LogP) is 4.68. The highest BCUT2D eigenvalue weighted by Gasteiger charge is 2.26. The fourth-order valence-corrected chi connectivity index (χ4v) is 5.65. The lowest BCUT2D eigenvalue weighted by atomic mass is 10.1. The zero-order valence-corrected chi connectivity index (χ0v) is 19.5. The zero-order valence-electron chi connectivity index (χ0n) is 17.8. The maximum absolute atomic E-state index is 13.2. The third kappa shape index (κ3) is 5.22. The van der Waals surface area contributed by atoms with Crippen LogP contribution in [-0.4, -0.2) is 26.5 Å². The molecule has 1 amide bonds.